The van der Waals surface area contributed by atoms with Crippen LogP contribution in [0, 0.1) is 0 Å². The molecular weight excluding hydrogens is 278 g/mol. The van der Waals surface area contributed by atoms with Crippen LogP contribution in [0.15, 0.2) is 48.5 Å². The first-order chi connectivity index (χ1) is 9.24. The minimum atomic E-state index is 0.0163. The summed E-state index contributed by atoms with van der Waals surface area (Å²) in [7, 11) is 0. The molecule has 0 unspecified atom stereocenters. The number of thiophene rings is 1. The van der Waals surface area contributed by atoms with Crippen molar-refractivity contribution in [2.75, 3.05) is 13.1 Å². The fourth-order valence-electron chi connectivity index (χ4n) is 1.90. The Labute approximate surface area is 120 Å². The van der Waals surface area contributed by atoms with E-state index < -0.39 is 0 Å². The minimum Gasteiger partial charge on any atom is -0.367 e. The Morgan fingerprint density at radius 3 is 2.47 bits per heavy atom. The zero-order chi connectivity index (χ0) is 13.2. The standard InChI is InChI=1S/C15H12ClNOS/c16-15-7-6-14(19-15)13(18)10-12(17-8-9-17)11-4-2-1-3-5-11/h1-7,10H,8-9H2/b12-10-. The van der Waals surface area contributed by atoms with Crippen LogP contribution in [-0.2, 0) is 0 Å². The monoisotopic (exact) mass is 289 g/mol. The molecule has 1 fully saturated rings. The van der Waals surface area contributed by atoms with Crippen LogP contribution < -0.4 is 0 Å². The van der Waals surface area contributed by atoms with Crippen LogP contribution in [-0.4, -0.2) is 23.8 Å². The number of benzene rings is 1. The summed E-state index contributed by atoms with van der Waals surface area (Å²) >= 11 is 7.19. The Morgan fingerprint density at radius 2 is 1.89 bits per heavy atom. The van der Waals surface area contributed by atoms with Gasteiger partial charge < -0.3 is 4.90 Å². The van der Waals surface area contributed by atoms with Gasteiger partial charge in [-0.3, -0.25) is 4.79 Å². The van der Waals surface area contributed by atoms with Crippen LogP contribution in [0.3, 0.4) is 0 Å². The maximum Gasteiger partial charge on any atom is 0.197 e. The molecule has 2 nitrogen and oxygen atoms in total. The number of hydrogen-bond acceptors (Lipinski definition) is 3. The van der Waals surface area contributed by atoms with Crippen LogP contribution in [0.1, 0.15) is 15.2 Å². The van der Waals surface area contributed by atoms with E-state index in [1.165, 1.54) is 11.3 Å². The molecule has 1 aromatic carbocycles. The number of rotatable bonds is 4. The second-order valence-corrected chi connectivity index (χ2v) is 6.07. The van der Waals surface area contributed by atoms with Crippen LogP contribution in [0.2, 0.25) is 4.34 Å². The van der Waals surface area contributed by atoms with Crippen molar-refractivity contribution in [2.45, 2.75) is 0 Å². The Hall–Kier alpha value is -1.58. The number of carbonyl (C=O) groups is 1. The van der Waals surface area contributed by atoms with Crippen LogP contribution >= 0.6 is 22.9 Å². The molecule has 0 amide bonds. The van der Waals surface area contributed by atoms with E-state index in [4.69, 9.17) is 11.6 Å². The highest BCUT2D eigenvalue weighted by Gasteiger charge is 2.23. The van der Waals surface area contributed by atoms with Gasteiger partial charge in [-0.05, 0) is 17.7 Å². The minimum absolute atomic E-state index is 0.0163. The van der Waals surface area contributed by atoms with Gasteiger partial charge in [-0.2, -0.15) is 0 Å². The molecule has 4 heteroatoms. The summed E-state index contributed by atoms with van der Waals surface area (Å²) in [5, 5.41) is 0. The van der Waals surface area contributed by atoms with Crippen molar-refractivity contribution in [3.05, 3.63) is 63.3 Å². The van der Waals surface area contributed by atoms with E-state index in [2.05, 4.69) is 4.90 Å². The highest BCUT2D eigenvalue weighted by atomic mass is 35.5. The zero-order valence-corrected chi connectivity index (χ0v) is 11.7. The molecule has 0 saturated carbocycles. The number of allylic oxidation sites excluding steroid dienone is 1. The molecule has 1 aliphatic rings. The van der Waals surface area contributed by atoms with Gasteiger partial charge in [0.05, 0.1) is 9.21 Å². The second-order valence-electron chi connectivity index (χ2n) is 4.35. The van der Waals surface area contributed by atoms with Crippen molar-refractivity contribution in [3.8, 4) is 0 Å². The lowest BCUT2D eigenvalue weighted by Crippen LogP contribution is -2.01. The molecule has 0 N–H and O–H groups in total. The average Bonchev–Trinajstić information content (AvgIpc) is 3.18. The lowest BCUT2D eigenvalue weighted by molar-refractivity contribution is 0.105. The number of nitrogens with zero attached hydrogens (tertiary/aromatic N) is 1. The van der Waals surface area contributed by atoms with Crippen LogP contribution in [0.4, 0.5) is 0 Å². The number of halogens is 1. The van der Waals surface area contributed by atoms with Crippen molar-refractivity contribution >= 4 is 34.4 Å². The topological polar surface area (TPSA) is 20.1 Å². The molecule has 0 radical (unpaired) electrons. The number of carbonyl (C=O) groups excluding carboxylic acids is 1. The summed E-state index contributed by atoms with van der Waals surface area (Å²) in [6.07, 6.45) is 1.71. The number of ketones is 1. The van der Waals surface area contributed by atoms with Crippen molar-refractivity contribution < 1.29 is 4.79 Å². The molecule has 0 bridgehead atoms. The quantitative estimate of drug-likeness (QED) is 0.483. The van der Waals surface area contributed by atoms with E-state index in [9.17, 15) is 4.79 Å². The summed E-state index contributed by atoms with van der Waals surface area (Å²) in [6.45, 7) is 2.03. The smallest absolute Gasteiger partial charge is 0.197 e. The molecule has 0 atom stereocenters. The van der Waals surface area contributed by atoms with E-state index in [-0.39, 0.29) is 5.78 Å². The molecule has 2 heterocycles. The maximum absolute atomic E-state index is 12.2. The van der Waals surface area contributed by atoms with Gasteiger partial charge in [0, 0.05) is 24.9 Å². The van der Waals surface area contributed by atoms with E-state index >= 15 is 0 Å². The summed E-state index contributed by atoms with van der Waals surface area (Å²) in [6, 6.07) is 13.5. The van der Waals surface area contributed by atoms with Gasteiger partial charge in [-0.15, -0.1) is 11.3 Å². The molecule has 1 aliphatic heterocycles. The lowest BCUT2D eigenvalue weighted by atomic mass is 10.1. The normalized spacial score (nSPS) is 14.6. The lowest BCUT2D eigenvalue weighted by Gasteiger charge is -2.08. The molecule has 19 heavy (non-hydrogen) atoms. The first kappa shape index (κ1) is 12.5. The highest BCUT2D eigenvalue weighted by Crippen LogP contribution is 2.27. The molecule has 3 rings (SSSR count). The molecular formula is C15H12ClNOS. The third kappa shape index (κ3) is 2.88. The van der Waals surface area contributed by atoms with E-state index in [1.54, 1.807) is 18.2 Å². The molecule has 1 aromatic heterocycles. The van der Waals surface area contributed by atoms with Crippen molar-refractivity contribution in [2.24, 2.45) is 0 Å². The van der Waals surface area contributed by atoms with E-state index in [1.807, 2.05) is 30.3 Å². The second kappa shape index (κ2) is 5.19. The average molecular weight is 290 g/mol. The maximum atomic E-state index is 12.2. The van der Waals surface area contributed by atoms with E-state index in [0.717, 1.165) is 24.4 Å². The van der Waals surface area contributed by atoms with Crippen molar-refractivity contribution in [1.29, 1.82) is 0 Å². The predicted molar refractivity (Wildman–Crippen MR) is 79.7 cm³/mol. The van der Waals surface area contributed by atoms with Crippen molar-refractivity contribution in [1.82, 2.24) is 4.90 Å². The molecule has 0 aliphatic carbocycles. The third-order valence-corrected chi connectivity index (χ3v) is 4.19. The summed E-state index contributed by atoms with van der Waals surface area (Å²) in [5.41, 5.74) is 2.08. The largest absolute Gasteiger partial charge is 0.367 e. The van der Waals surface area contributed by atoms with Crippen LogP contribution in [0.5, 0.6) is 0 Å². The first-order valence-electron chi connectivity index (χ1n) is 6.06. The van der Waals surface area contributed by atoms with Gasteiger partial charge in [-0.1, -0.05) is 41.9 Å². The van der Waals surface area contributed by atoms with Gasteiger partial charge in [0.1, 0.15) is 0 Å². The molecule has 2 aromatic rings. The fraction of sp³-hybridized carbons (Fsp3) is 0.133. The summed E-state index contributed by atoms with van der Waals surface area (Å²) < 4.78 is 0.643. The highest BCUT2D eigenvalue weighted by molar-refractivity contribution is 7.18. The predicted octanol–water partition coefficient (Wildman–Crippen LogP) is 3.94. The van der Waals surface area contributed by atoms with Gasteiger partial charge >= 0.3 is 0 Å². The Balaban J connectivity index is 1.92. The fourth-order valence-corrected chi connectivity index (χ4v) is 2.85. The summed E-state index contributed by atoms with van der Waals surface area (Å²) in [5.74, 6) is 0.0163. The molecule has 1 saturated heterocycles. The van der Waals surface area contributed by atoms with Crippen molar-refractivity contribution in [3.63, 3.8) is 0 Å². The SMILES string of the molecule is O=C(/C=C(/c1ccccc1)N1CC1)c1ccc(Cl)s1. The third-order valence-electron chi connectivity index (χ3n) is 2.94. The molecule has 0 spiro atoms. The van der Waals surface area contributed by atoms with Gasteiger partial charge in [0.15, 0.2) is 5.78 Å². The zero-order valence-electron chi connectivity index (χ0n) is 10.2. The Morgan fingerprint density at radius 1 is 1.16 bits per heavy atom. The molecule has 96 valence electrons. The van der Waals surface area contributed by atoms with Gasteiger partial charge in [0.2, 0.25) is 0 Å². The van der Waals surface area contributed by atoms with E-state index in [0.29, 0.717) is 9.21 Å². The Bertz CT molecular complexity index is 629. The number of hydrogen-bond donors (Lipinski definition) is 0. The summed E-state index contributed by atoms with van der Waals surface area (Å²) in [4.78, 5) is 15.1. The Kier molecular flexibility index (Phi) is 3.40. The van der Waals surface area contributed by atoms with Gasteiger partial charge in [-0.25, -0.2) is 0 Å². The first-order valence-corrected chi connectivity index (χ1v) is 7.25. The van der Waals surface area contributed by atoms with Gasteiger partial charge in [0.25, 0.3) is 0 Å². The van der Waals surface area contributed by atoms with Crippen LogP contribution in [0.25, 0.3) is 5.70 Å².